The van der Waals surface area contributed by atoms with E-state index in [0.29, 0.717) is 17.9 Å². The summed E-state index contributed by atoms with van der Waals surface area (Å²) in [6, 6.07) is 10.9. The molecule has 2 unspecified atom stereocenters. The molecule has 4 aliphatic rings. The Balaban J connectivity index is 1.23. The second kappa shape index (κ2) is 9.31. The summed E-state index contributed by atoms with van der Waals surface area (Å²) in [5.74, 6) is 0.0968. The summed E-state index contributed by atoms with van der Waals surface area (Å²) in [6.45, 7) is 6.01. The van der Waals surface area contributed by atoms with Crippen LogP contribution in [-0.2, 0) is 21.5 Å². The molecule has 1 saturated carbocycles. The first kappa shape index (κ1) is 25.2. The fourth-order valence-corrected chi connectivity index (χ4v) is 6.41. The van der Waals surface area contributed by atoms with Crippen LogP contribution >= 0.6 is 0 Å². The number of carbonyl (C=O) groups is 1. The molecule has 2 aliphatic heterocycles. The molecule has 9 heteroatoms. The van der Waals surface area contributed by atoms with Crippen LogP contribution in [-0.4, -0.2) is 47.5 Å². The smallest absolute Gasteiger partial charge is 0.310 e. The first-order valence-electron chi connectivity index (χ1n) is 13.4. The lowest BCUT2D eigenvalue weighted by molar-refractivity contribution is -0.144. The topological polar surface area (TPSA) is 83.4 Å². The quantitative estimate of drug-likeness (QED) is 0.496. The Hall–Kier alpha value is -3.04. The normalized spacial score (nSPS) is 25.6. The Bertz CT molecular complexity index is 1290. The number of halogens is 2. The van der Waals surface area contributed by atoms with E-state index >= 15 is 0 Å². The Morgan fingerprint density at radius 1 is 1.24 bits per heavy atom. The van der Waals surface area contributed by atoms with Gasteiger partial charge in [-0.1, -0.05) is 24.3 Å². The first-order chi connectivity index (χ1) is 18.2. The molecule has 1 spiro atoms. The fourth-order valence-electron chi connectivity index (χ4n) is 6.41. The number of ether oxygens (including phenoxy) is 1. The van der Waals surface area contributed by atoms with Crippen molar-refractivity contribution >= 4 is 11.8 Å². The predicted octanol–water partition coefficient (Wildman–Crippen LogP) is 5.15. The summed E-state index contributed by atoms with van der Waals surface area (Å²) in [7, 11) is 0. The van der Waals surface area contributed by atoms with E-state index in [2.05, 4.69) is 16.4 Å². The van der Waals surface area contributed by atoms with Crippen LogP contribution in [0.15, 0.2) is 41.4 Å². The molecule has 2 heterocycles. The van der Waals surface area contributed by atoms with Gasteiger partial charge >= 0.3 is 5.97 Å². The molecular formula is C29H33F2N3O4. The number of nitrogens with one attached hydrogen (secondary N) is 1. The Morgan fingerprint density at radius 3 is 2.76 bits per heavy atom. The molecule has 2 aromatic carbocycles. The van der Waals surface area contributed by atoms with E-state index in [1.807, 2.05) is 12.1 Å². The molecule has 2 fully saturated rings. The molecule has 2 atom stereocenters. The van der Waals surface area contributed by atoms with Gasteiger partial charge < -0.3 is 14.7 Å². The van der Waals surface area contributed by atoms with Crippen molar-refractivity contribution in [1.29, 1.82) is 0 Å². The van der Waals surface area contributed by atoms with Crippen LogP contribution in [0.5, 0.6) is 5.75 Å². The molecule has 0 aromatic heterocycles. The Labute approximate surface area is 220 Å². The lowest BCUT2D eigenvalue weighted by Crippen LogP contribution is -2.35. The Morgan fingerprint density at radius 2 is 2.05 bits per heavy atom. The molecule has 2 aromatic rings. The SMILES string of the molecule is CC(C)Oc1ccc(C2N=C(c3cccc4c3CCC43CCN(CC4(C(=O)O)CC4)C3)NO2)cc1C(F)F. The highest BCUT2D eigenvalue weighted by molar-refractivity contribution is 6.00. The number of aliphatic carboxylic acids is 1. The molecular weight excluding hydrogens is 492 g/mol. The van der Waals surface area contributed by atoms with E-state index in [0.717, 1.165) is 50.8 Å². The fraction of sp³-hybridized carbons (Fsp3) is 0.517. The third-order valence-corrected chi connectivity index (χ3v) is 8.55. The van der Waals surface area contributed by atoms with Crippen molar-refractivity contribution < 1.29 is 28.3 Å². The monoisotopic (exact) mass is 525 g/mol. The Kier molecular flexibility index (Phi) is 6.18. The number of alkyl halides is 2. The van der Waals surface area contributed by atoms with E-state index in [1.165, 1.54) is 17.2 Å². The van der Waals surface area contributed by atoms with Crippen LogP contribution in [0.1, 0.15) is 80.0 Å². The van der Waals surface area contributed by atoms with E-state index < -0.39 is 24.0 Å². The zero-order valence-electron chi connectivity index (χ0n) is 21.7. The predicted molar refractivity (Wildman–Crippen MR) is 137 cm³/mol. The van der Waals surface area contributed by atoms with Gasteiger partial charge in [0.2, 0.25) is 6.23 Å². The van der Waals surface area contributed by atoms with Crippen molar-refractivity contribution in [2.45, 2.75) is 70.1 Å². The van der Waals surface area contributed by atoms with Gasteiger partial charge in [0.05, 0.1) is 17.1 Å². The number of carboxylic acid groups (broad SMARTS) is 1. The van der Waals surface area contributed by atoms with Crippen LogP contribution < -0.4 is 10.2 Å². The summed E-state index contributed by atoms with van der Waals surface area (Å²) in [5.41, 5.74) is 6.29. The molecule has 38 heavy (non-hydrogen) atoms. The summed E-state index contributed by atoms with van der Waals surface area (Å²) in [6.07, 6.45) is 0.848. The van der Waals surface area contributed by atoms with Gasteiger partial charge in [-0.05, 0) is 75.8 Å². The maximum atomic E-state index is 13.7. The number of rotatable bonds is 8. The molecule has 202 valence electrons. The van der Waals surface area contributed by atoms with Gasteiger partial charge in [0.1, 0.15) is 5.75 Å². The second-order valence-electron chi connectivity index (χ2n) is 11.5. The highest BCUT2D eigenvalue weighted by Gasteiger charge is 2.54. The molecule has 2 N–H and O–H groups in total. The van der Waals surface area contributed by atoms with Crippen molar-refractivity contribution in [2.75, 3.05) is 19.6 Å². The molecule has 2 aliphatic carbocycles. The lowest BCUT2D eigenvalue weighted by atomic mass is 9.81. The average molecular weight is 526 g/mol. The van der Waals surface area contributed by atoms with Crippen LogP contribution in [0.3, 0.4) is 0 Å². The number of hydrogen-bond acceptors (Lipinski definition) is 6. The molecule has 0 amide bonds. The number of carboxylic acids is 1. The minimum absolute atomic E-state index is 0.0256. The average Bonchev–Trinajstić information content (AvgIpc) is 3.19. The first-order valence-corrected chi connectivity index (χ1v) is 13.4. The highest BCUT2D eigenvalue weighted by atomic mass is 19.3. The van der Waals surface area contributed by atoms with Crippen LogP contribution in [0.25, 0.3) is 0 Å². The third kappa shape index (κ3) is 4.35. The van der Waals surface area contributed by atoms with Gasteiger partial charge in [-0.2, -0.15) is 0 Å². The maximum absolute atomic E-state index is 13.7. The van der Waals surface area contributed by atoms with Gasteiger partial charge in [-0.15, -0.1) is 0 Å². The number of fused-ring (bicyclic) bond motifs is 2. The molecule has 6 rings (SSSR count). The maximum Gasteiger partial charge on any atom is 0.310 e. The highest BCUT2D eigenvalue weighted by Crippen LogP contribution is 2.51. The van der Waals surface area contributed by atoms with Crippen molar-refractivity contribution in [1.82, 2.24) is 10.4 Å². The number of amidine groups is 1. The summed E-state index contributed by atoms with van der Waals surface area (Å²) < 4.78 is 33.0. The van der Waals surface area contributed by atoms with Crippen molar-refractivity contribution in [3.8, 4) is 5.75 Å². The summed E-state index contributed by atoms with van der Waals surface area (Å²) in [4.78, 5) is 24.5. The molecule has 7 nitrogen and oxygen atoms in total. The van der Waals surface area contributed by atoms with Gasteiger partial charge in [0, 0.05) is 29.6 Å². The van der Waals surface area contributed by atoms with E-state index in [9.17, 15) is 18.7 Å². The number of likely N-dealkylation sites (tertiary alicyclic amines) is 1. The van der Waals surface area contributed by atoms with Gasteiger partial charge in [0.25, 0.3) is 6.43 Å². The molecule has 0 bridgehead atoms. The third-order valence-electron chi connectivity index (χ3n) is 8.55. The summed E-state index contributed by atoms with van der Waals surface area (Å²) >= 11 is 0. The standard InChI is InChI=1S/C29H33F2N3O4/c1-17(2)37-23-7-6-18(14-21(23)24(30)31)26-32-25(33-38-26)20-4-3-5-22-19(20)8-9-28(22)12-13-34(15-28)16-29(10-11-29)27(35)36/h3-7,14,17,24,26H,8-13,15-16H2,1-2H3,(H,32,33)(H,35,36). The molecule has 1 saturated heterocycles. The zero-order chi connectivity index (χ0) is 26.7. The largest absolute Gasteiger partial charge is 0.491 e. The number of hydroxylamine groups is 1. The zero-order valence-corrected chi connectivity index (χ0v) is 21.7. The van der Waals surface area contributed by atoms with Crippen LogP contribution in [0.2, 0.25) is 0 Å². The number of hydrogen-bond donors (Lipinski definition) is 2. The van der Waals surface area contributed by atoms with Gasteiger partial charge in [0.15, 0.2) is 5.84 Å². The number of benzene rings is 2. The number of aliphatic imine (C=N–C) groups is 1. The van der Waals surface area contributed by atoms with E-state index in [4.69, 9.17) is 14.6 Å². The van der Waals surface area contributed by atoms with Crippen molar-refractivity contribution in [2.24, 2.45) is 10.4 Å². The van der Waals surface area contributed by atoms with Crippen LogP contribution in [0, 0.1) is 5.41 Å². The lowest BCUT2D eigenvalue weighted by Gasteiger charge is -2.27. The van der Waals surface area contributed by atoms with Gasteiger partial charge in [-0.25, -0.2) is 24.1 Å². The summed E-state index contributed by atoms with van der Waals surface area (Å²) in [5, 5.41) is 9.63. The minimum atomic E-state index is -2.67. The van der Waals surface area contributed by atoms with E-state index in [1.54, 1.807) is 26.0 Å². The van der Waals surface area contributed by atoms with Crippen LogP contribution in [0.4, 0.5) is 8.78 Å². The number of nitrogens with zero attached hydrogens (tertiary/aromatic N) is 2. The second-order valence-corrected chi connectivity index (χ2v) is 11.5. The van der Waals surface area contributed by atoms with Crippen molar-refractivity contribution in [3.05, 3.63) is 64.2 Å². The van der Waals surface area contributed by atoms with Gasteiger partial charge in [-0.3, -0.25) is 4.79 Å². The van der Waals surface area contributed by atoms with Crippen molar-refractivity contribution in [3.63, 3.8) is 0 Å². The minimum Gasteiger partial charge on any atom is -0.491 e. The van der Waals surface area contributed by atoms with E-state index in [-0.39, 0.29) is 22.8 Å². The molecule has 0 radical (unpaired) electrons.